The lowest BCUT2D eigenvalue weighted by Gasteiger charge is -2.19. The Hall–Kier alpha value is -1.44. The van der Waals surface area contributed by atoms with Gasteiger partial charge in [0.25, 0.3) is 0 Å². The van der Waals surface area contributed by atoms with Gasteiger partial charge >= 0.3 is 12.0 Å². The van der Waals surface area contributed by atoms with Gasteiger partial charge in [0.05, 0.1) is 6.54 Å². The standard InChI is InChI=1S/C12H23N3O4S/c1-4-15(5-2)10(16)8-13-12(19)14-9(11(17)18)6-7-20-3/h9H,4-8H2,1-3H3,(H,17,18)(H2,13,14,19)/t9-/m0/s1. The molecule has 0 saturated heterocycles. The quantitative estimate of drug-likeness (QED) is 0.571. The van der Waals surface area contributed by atoms with Crippen LogP contribution in [0.4, 0.5) is 4.79 Å². The molecule has 3 N–H and O–H groups in total. The Morgan fingerprint density at radius 1 is 1.25 bits per heavy atom. The molecule has 0 aliphatic rings. The summed E-state index contributed by atoms with van der Waals surface area (Å²) < 4.78 is 0. The van der Waals surface area contributed by atoms with Crippen LogP contribution in [0.15, 0.2) is 0 Å². The molecule has 0 aliphatic heterocycles. The third kappa shape index (κ3) is 7.22. The Morgan fingerprint density at radius 2 is 1.85 bits per heavy atom. The largest absolute Gasteiger partial charge is 0.480 e. The molecule has 0 heterocycles. The summed E-state index contributed by atoms with van der Waals surface area (Å²) in [6, 6.07) is -1.58. The first-order valence-electron chi connectivity index (χ1n) is 6.50. The number of nitrogens with zero attached hydrogens (tertiary/aromatic N) is 1. The highest BCUT2D eigenvalue weighted by Gasteiger charge is 2.19. The number of carboxylic acids is 1. The first-order chi connectivity index (χ1) is 9.46. The van der Waals surface area contributed by atoms with E-state index in [-0.39, 0.29) is 12.5 Å². The Kier molecular flexibility index (Phi) is 9.61. The predicted molar refractivity (Wildman–Crippen MR) is 78.9 cm³/mol. The van der Waals surface area contributed by atoms with E-state index in [1.807, 2.05) is 20.1 Å². The molecule has 7 nitrogen and oxygen atoms in total. The number of nitrogens with one attached hydrogen (secondary N) is 2. The normalized spacial score (nSPS) is 11.6. The maximum absolute atomic E-state index is 11.7. The topological polar surface area (TPSA) is 98.7 Å². The summed E-state index contributed by atoms with van der Waals surface area (Å²) in [7, 11) is 0. The van der Waals surface area contributed by atoms with E-state index in [0.29, 0.717) is 25.3 Å². The van der Waals surface area contributed by atoms with Gasteiger partial charge in [-0.05, 0) is 32.3 Å². The van der Waals surface area contributed by atoms with Gasteiger partial charge in [0.2, 0.25) is 5.91 Å². The molecule has 3 amide bonds. The molecule has 0 aromatic heterocycles. The van der Waals surface area contributed by atoms with E-state index >= 15 is 0 Å². The first kappa shape index (κ1) is 18.6. The van der Waals surface area contributed by atoms with E-state index in [1.54, 1.807) is 4.90 Å². The second kappa shape index (κ2) is 10.4. The monoisotopic (exact) mass is 305 g/mol. The summed E-state index contributed by atoms with van der Waals surface area (Å²) in [5.74, 6) is -0.638. The van der Waals surface area contributed by atoms with Crippen molar-refractivity contribution in [3.8, 4) is 0 Å². The van der Waals surface area contributed by atoms with Crippen LogP contribution < -0.4 is 10.6 Å². The van der Waals surface area contributed by atoms with Crippen LogP contribution in [0.3, 0.4) is 0 Å². The van der Waals surface area contributed by atoms with E-state index in [0.717, 1.165) is 0 Å². The highest BCUT2D eigenvalue weighted by molar-refractivity contribution is 7.98. The molecular formula is C12H23N3O4S. The van der Waals surface area contributed by atoms with Crippen molar-refractivity contribution >= 4 is 29.7 Å². The minimum atomic E-state index is -1.08. The molecule has 0 saturated carbocycles. The van der Waals surface area contributed by atoms with Crippen LogP contribution in [0.1, 0.15) is 20.3 Å². The van der Waals surface area contributed by atoms with Crippen LogP contribution in [-0.2, 0) is 9.59 Å². The molecule has 0 fully saturated rings. The number of carbonyl (C=O) groups is 3. The fourth-order valence-electron chi connectivity index (χ4n) is 1.55. The second-order valence-electron chi connectivity index (χ2n) is 4.07. The molecular weight excluding hydrogens is 282 g/mol. The first-order valence-corrected chi connectivity index (χ1v) is 7.89. The minimum absolute atomic E-state index is 0.137. The summed E-state index contributed by atoms with van der Waals surface area (Å²) in [5, 5.41) is 13.7. The van der Waals surface area contributed by atoms with Gasteiger partial charge in [-0.25, -0.2) is 9.59 Å². The zero-order valence-electron chi connectivity index (χ0n) is 12.1. The summed E-state index contributed by atoms with van der Waals surface area (Å²) >= 11 is 1.51. The molecule has 0 spiro atoms. The summed E-state index contributed by atoms with van der Waals surface area (Å²) in [6.45, 7) is 4.71. The van der Waals surface area contributed by atoms with Crippen LogP contribution >= 0.6 is 11.8 Å². The number of carbonyl (C=O) groups excluding carboxylic acids is 2. The molecule has 1 atom stereocenters. The molecule has 0 aromatic carbocycles. The summed E-state index contributed by atoms with van der Waals surface area (Å²) in [4.78, 5) is 35.8. The van der Waals surface area contributed by atoms with E-state index in [4.69, 9.17) is 5.11 Å². The molecule has 116 valence electrons. The average Bonchev–Trinajstić information content (AvgIpc) is 2.42. The molecule has 0 aliphatic carbocycles. The van der Waals surface area contributed by atoms with Crippen LogP contribution in [0, 0.1) is 0 Å². The van der Waals surface area contributed by atoms with Gasteiger partial charge in [-0.3, -0.25) is 4.79 Å². The minimum Gasteiger partial charge on any atom is -0.480 e. The third-order valence-electron chi connectivity index (χ3n) is 2.73. The molecule has 8 heteroatoms. The second-order valence-corrected chi connectivity index (χ2v) is 5.05. The van der Waals surface area contributed by atoms with Crippen LogP contribution in [0.5, 0.6) is 0 Å². The van der Waals surface area contributed by atoms with Crippen molar-refractivity contribution in [3.05, 3.63) is 0 Å². The lowest BCUT2D eigenvalue weighted by Crippen LogP contribution is -2.49. The predicted octanol–water partition coefficient (Wildman–Crippen LogP) is 0.360. The Balaban J connectivity index is 4.19. The summed E-state index contributed by atoms with van der Waals surface area (Å²) in [5.41, 5.74) is 0. The van der Waals surface area contributed by atoms with Gasteiger partial charge in [-0.15, -0.1) is 0 Å². The summed E-state index contributed by atoms with van der Waals surface area (Å²) in [6.07, 6.45) is 2.20. The van der Waals surface area contributed by atoms with E-state index in [9.17, 15) is 14.4 Å². The van der Waals surface area contributed by atoms with Crippen molar-refractivity contribution in [2.24, 2.45) is 0 Å². The van der Waals surface area contributed by atoms with Gasteiger partial charge in [-0.2, -0.15) is 11.8 Å². The molecule has 0 radical (unpaired) electrons. The third-order valence-corrected chi connectivity index (χ3v) is 3.37. The maximum Gasteiger partial charge on any atom is 0.326 e. The lowest BCUT2D eigenvalue weighted by molar-refractivity contribution is -0.139. The average molecular weight is 305 g/mol. The van der Waals surface area contributed by atoms with Gasteiger partial charge in [0, 0.05) is 13.1 Å². The number of hydrogen-bond donors (Lipinski definition) is 3. The molecule has 0 unspecified atom stereocenters. The zero-order chi connectivity index (χ0) is 15.5. The fourth-order valence-corrected chi connectivity index (χ4v) is 2.02. The van der Waals surface area contributed by atoms with E-state index < -0.39 is 18.0 Å². The zero-order valence-corrected chi connectivity index (χ0v) is 13.0. The number of rotatable bonds is 9. The van der Waals surface area contributed by atoms with Gasteiger partial charge in [0.15, 0.2) is 0 Å². The van der Waals surface area contributed by atoms with Crippen LogP contribution in [0.25, 0.3) is 0 Å². The Bertz CT molecular complexity index is 335. The Labute approximate surface area is 123 Å². The van der Waals surface area contributed by atoms with Gasteiger partial charge in [-0.1, -0.05) is 0 Å². The Morgan fingerprint density at radius 3 is 2.30 bits per heavy atom. The number of hydrogen-bond acceptors (Lipinski definition) is 4. The lowest BCUT2D eigenvalue weighted by atomic mass is 10.2. The number of aliphatic carboxylic acids is 1. The number of likely N-dealkylation sites (N-methyl/N-ethyl adjacent to an activating group) is 1. The fraction of sp³-hybridized carbons (Fsp3) is 0.750. The smallest absolute Gasteiger partial charge is 0.326 e. The van der Waals surface area contributed by atoms with Crippen LogP contribution in [0.2, 0.25) is 0 Å². The molecule has 0 rings (SSSR count). The SMILES string of the molecule is CCN(CC)C(=O)CNC(=O)N[C@@H](CCSC)C(=O)O. The number of thioether (sulfide) groups is 1. The highest BCUT2D eigenvalue weighted by Crippen LogP contribution is 2.00. The van der Waals surface area contributed by atoms with Crippen molar-refractivity contribution in [1.29, 1.82) is 0 Å². The van der Waals surface area contributed by atoms with Gasteiger partial charge < -0.3 is 20.6 Å². The van der Waals surface area contributed by atoms with E-state index in [2.05, 4.69) is 10.6 Å². The van der Waals surface area contributed by atoms with Crippen molar-refractivity contribution in [2.75, 3.05) is 31.6 Å². The van der Waals surface area contributed by atoms with Crippen LogP contribution in [-0.4, -0.2) is 65.6 Å². The van der Waals surface area contributed by atoms with Crippen molar-refractivity contribution in [1.82, 2.24) is 15.5 Å². The highest BCUT2D eigenvalue weighted by atomic mass is 32.2. The van der Waals surface area contributed by atoms with Crippen molar-refractivity contribution < 1.29 is 19.5 Å². The van der Waals surface area contributed by atoms with Crippen molar-refractivity contribution in [2.45, 2.75) is 26.3 Å². The van der Waals surface area contributed by atoms with Gasteiger partial charge in [0.1, 0.15) is 6.04 Å². The molecule has 0 aromatic rings. The molecule has 0 bridgehead atoms. The van der Waals surface area contributed by atoms with E-state index in [1.165, 1.54) is 11.8 Å². The number of urea groups is 1. The molecule has 20 heavy (non-hydrogen) atoms. The maximum atomic E-state index is 11.7. The number of amides is 3. The van der Waals surface area contributed by atoms with Crippen molar-refractivity contribution in [3.63, 3.8) is 0 Å². The number of carboxylic acid groups (broad SMARTS) is 1.